The van der Waals surface area contributed by atoms with Crippen molar-refractivity contribution < 1.29 is 48.0 Å². The topological polar surface area (TPSA) is 135 Å². The van der Waals surface area contributed by atoms with Crippen molar-refractivity contribution in [2.75, 3.05) is 0 Å². The molecule has 10 nitrogen and oxygen atoms in total. The van der Waals surface area contributed by atoms with Crippen LogP contribution in [0, 0.1) is 88.8 Å². The van der Waals surface area contributed by atoms with Gasteiger partial charge in [-0.25, -0.2) is 19.2 Å². The summed E-state index contributed by atoms with van der Waals surface area (Å²) in [6.07, 6.45) is 9.78. The van der Waals surface area contributed by atoms with E-state index in [4.69, 9.17) is 23.7 Å². The fourth-order valence-corrected chi connectivity index (χ4v) is 13.9. The molecule has 0 aromatic heterocycles. The first kappa shape index (κ1) is 56.0. The van der Waals surface area contributed by atoms with Gasteiger partial charge in [-0.15, -0.1) is 0 Å². The molecule has 6 aliphatic rings. The van der Waals surface area contributed by atoms with E-state index in [1.165, 1.54) is 0 Å². The van der Waals surface area contributed by atoms with Crippen LogP contribution in [-0.2, 0) is 42.9 Å². The van der Waals surface area contributed by atoms with E-state index < -0.39 is 71.5 Å². The number of esters is 4. The molecule has 5 saturated carbocycles. The standard InChI is InChI=1S/C60H96O10/c1-31(2)41-21-16-36(11)26-46(41)66-56(61)51-52(57(62)67-47-27-37(12)17-22-42(47)32(3)4)54(59(64)69-49-29-39(14)19-24-44(49)34(7)8)55(60(65)70-50-30-40(15)20-25-45(50)35(9)10)53(51)58(63)68-48-28-38(13)18-23-43(48)33(5)6/h31-50,61H,16-30H2,1-15H3/t36-,37-,38-,39-,40-,41+,42+,43+,44+,45+,46-,47-,48-,49-,50-/m1/s1. The Balaban J connectivity index is 1.63. The van der Waals surface area contributed by atoms with Gasteiger partial charge in [0, 0.05) is 0 Å². The van der Waals surface area contributed by atoms with Gasteiger partial charge in [0.25, 0.3) is 5.95 Å². The van der Waals surface area contributed by atoms with Crippen molar-refractivity contribution >= 4 is 23.9 Å². The first-order valence-corrected chi connectivity index (χ1v) is 28.4. The maximum atomic E-state index is 15.7. The lowest BCUT2D eigenvalue weighted by Crippen LogP contribution is -2.38. The second-order valence-corrected chi connectivity index (χ2v) is 25.7. The second-order valence-electron chi connectivity index (χ2n) is 25.7. The van der Waals surface area contributed by atoms with Crippen LogP contribution in [0.2, 0.25) is 0 Å². The van der Waals surface area contributed by atoms with E-state index >= 15 is 19.2 Å². The minimum Gasteiger partial charge on any atom is -0.481 e. The Morgan fingerprint density at radius 3 is 0.757 bits per heavy atom. The number of rotatable bonds is 15. The van der Waals surface area contributed by atoms with Gasteiger partial charge in [0.2, 0.25) is 0 Å². The normalized spacial score (nSPS) is 35.4. The highest BCUT2D eigenvalue weighted by molar-refractivity contribution is 6.23. The average Bonchev–Trinajstić information content (AvgIpc) is 3.63. The maximum absolute atomic E-state index is 15.7. The number of carbonyl (C=O) groups is 4. The fraction of sp³-hybridized carbons (Fsp3) is 0.833. The minimum atomic E-state index is -0.913. The molecule has 0 radical (unpaired) electrons. The molecule has 0 spiro atoms. The molecular formula is C60H96O10. The van der Waals surface area contributed by atoms with E-state index in [0.717, 1.165) is 64.2 Å². The van der Waals surface area contributed by atoms with E-state index in [9.17, 15) is 5.11 Å². The Hall–Kier alpha value is -3.30. The summed E-state index contributed by atoms with van der Waals surface area (Å²) in [6, 6.07) is 0. The highest BCUT2D eigenvalue weighted by Crippen LogP contribution is 2.48. The molecule has 15 atom stereocenters. The SMILES string of the molecule is CC(C)[C@@H]1CC[C@@H](C)C[C@H]1OC(=O)C1=C(C(=O)O[C@@H]2C[C@H](C)CC[C@H]2C(C)C)C(C(=O)O[C@@H]2C[C@H](C)CC[C@H]2C(C)C)=C(C(=O)O[C@@H]2C[C@H](C)CC[C@H]2C(C)C)C1=C(O)O[C@@H]1C[C@H](C)CC[C@H]1C(C)C. The Kier molecular flexibility index (Phi) is 19.3. The fourth-order valence-electron chi connectivity index (χ4n) is 13.9. The molecule has 0 saturated heterocycles. The predicted molar refractivity (Wildman–Crippen MR) is 275 cm³/mol. The first-order chi connectivity index (χ1) is 33.0. The highest BCUT2D eigenvalue weighted by atomic mass is 16.6. The van der Waals surface area contributed by atoms with Gasteiger partial charge in [-0.1, -0.05) is 136 Å². The van der Waals surface area contributed by atoms with E-state index in [1.807, 2.05) is 0 Å². The molecule has 1 N–H and O–H groups in total. The molecule has 0 bridgehead atoms. The molecule has 5 fully saturated rings. The summed E-state index contributed by atoms with van der Waals surface area (Å²) in [5, 5.41) is 12.9. The van der Waals surface area contributed by atoms with E-state index in [-0.39, 0.29) is 99.6 Å². The van der Waals surface area contributed by atoms with Crippen LogP contribution in [0.15, 0.2) is 33.8 Å². The molecule has 0 amide bonds. The molecule has 6 rings (SSSR count). The average molecular weight is 977 g/mol. The Labute approximate surface area is 423 Å². The van der Waals surface area contributed by atoms with Gasteiger partial charge in [-0.05, 0) is 153 Å². The largest absolute Gasteiger partial charge is 0.481 e. The Morgan fingerprint density at radius 1 is 0.343 bits per heavy atom. The predicted octanol–water partition coefficient (Wildman–Crippen LogP) is 13.9. The van der Waals surface area contributed by atoms with Crippen LogP contribution in [0.5, 0.6) is 0 Å². The molecular weight excluding hydrogens is 881 g/mol. The monoisotopic (exact) mass is 977 g/mol. The zero-order chi connectivity index (χ0) is 51.5. The number of ether oxygens (including phenoxy) is 5. The molecule has 0 aliphatic heterocycles. The smallest absolute Gasteiger partial charge is 0.340 e. The van der Waals surface area contributed by atoms with E-state index in [2.05, 4.69) is 104 Å². The van der Waals surface area contributed by atoms with Crippen molar-refractivity contribution in [3.8, 4) is 0 Å². The third-order valence-corrected chi connectivity index (χ3v) is 18.4. The van der Waals surface area contributed by atoms with Crippen LogP contribution in [0.25, 0.3) is 0 Å². The van der Waals surface area contributed by atoms with E-state index in [1.54, 1.807) is 0 Å². The summed E-state index contributed by atoms with van der Waals surface area (Å²) in [6.45, 7) is 32.1. The van der Waals surface area contributed by atoms with Gasteiger partial charge in [-0.3, -0.25) is 0 Å². The summed E-state index contributed by atoms with van der Waals surface area (Å²) < 4.78 is 33.4. The van der Waals surface area contributed by atoms with Crippen molar-refractivity contribution in [2.24, 2.45) is 88.8 Å². The maximum Gasteiger partial charge on any atom is 0.340 e. The Morgan fingerprint density at radius 2 is 0.543 bits per heavy atom. The molecule has 0 heterocycles. The third-order valence-electron chi connectivity index (χ3n) is 18.4. The van der Waals surface area contributed by atoms with Gasteiger partial charge < -0.3 is 28.8 Å². The van der Waals surface area contributed by atoms with Crippen molar-refractivity contribution in [2.45, 2.75) is 231 Å². The molecule has 0 unspecified atom stereocenters. The van der Waals surface area contributed by atoms with Crippen LogP contribution in [0.4, 0.5) is 0 Å². The number of aliphatic hydroxyl groups is 1. The summed E-state index contributed by atoms with van der Waals surface area (Å²) >= 11 is 0. The van der Waals surface area contributed by atoms with Gasteiger partial charge in [0.05, 0.1) is 27.9 Å². The molecule has 0 aromatic rings. The van der Waals surface area contributed by atoms with Crippen molar-refractivity contribution in [3.63, 3.8) is 0 Å². The minimum absolute atomic E-state index is 0.0293. The molecule has 70 heavy (non-hydrogen) atoms. The van der Waals surface area contributed by atoms with Crippen LogP contribution in [0.1, 0.15) is 200 Å². The number of aliphatic hydroxyl groups excluding tert-OH is 1. The van der Waals surface area contributed by atoms with Gasteiger partial charge in [-0.2, -0.15) is 0 Å². The number of hydrogen-bond acceptors (Lipinski definition) is 10. The lowest BCUT2D eigenvalue weighted by Gasteiger charge is -2.38. The molecule has 10 heteroatoms. The van der Waals surface area contributed by atoms with Crippen LogP contribution < -0.4 is 0 Å². The molecule has 0 aromatic carbocycles. The van der Waals surface area contributed by atoms with Crippen molar-refractivity contribution in [1.82, 2.24) is 0 Å². The van der Waals surface area contributed by atoms with Crippen LogP contribution in [0.3, 0.4) is 0 Å². The summed E-state index contributed by atoms with van der Waals surface area (Å²) in [5.41, 5.74) is -1.91. The quantitative estimate of drug-likeness (QED) is 0.0960. The lowest BCUT2D eigenvalue weighted by atomic mass is 9.75. The highest BCUT2D eigenvalue weighted by Gasteiger charge is 2.51. The molecule has 396 valence electrons. The number of carbonyl (C=O) groups excluding carboxylic acids is 4. The molecule has 6 aliphatic carbocycles. The lowest BCUT2D eigenvalue weighted by molar-refractivity contribution is -0.156. The Bertz CT molecular complexity index is 1820. The van der Waals surface area contributed by atoms with Crippen LogP contribution in [-0.4, -0.2) is 59.5 Å². The summed E-state index contributed by atoms with van der Waals surface area (Å²) in [4.78, 5) is 62.9. The van der Waals surface area contributed by atoms with Crippen LogP contribution >= 0.6 is 0 Å². The van der Waals surface area contributed by atoms with Crippen molar-refractivity contribution in [3.05, 3.63) is 33.8 Å². The summed E-state index contributed by atoms with van der Waals surface area (Å²) in [5.74, 6) is -1.79. The van der Waals surface area contributed by atoms with Gasteiger partial charge in [0.15, 0.2) is 0 Å². The number of hydrogen-bond donors (Lipinski definition) is 1. The summed E-state index contributed by atoms with van der Waals surface area (Å²) in [7, 11) is 0. The second kappa shape index (κ2) is 24.2. The zero-order valence-corrected chi connectivity index (χ0v) is 46.3. The third kappa shape index (κ3) is 13.1. The zero-order valence-electron chi connectivity index (χ0n) is 46.3. The first-order valence-electron chi connectivity index (χ1n) is 28.4. The van der Waals surface area contributed by atoms with Gasteiger partial charge in [0.1, 0.15) is 30.5 Å². The van der Waals surface area contributed by atoms with Crippen molar-refractivity contribution in [1.29, 1.82) is 0 Å². The van der Waals surface area contributed by atoms with E-state index in [0.29, 0.717) is 38.0 Å². The van der Waals surface area contributed by atoms with Gasteiger partial charge >= 0.3 is 23.9 Å².